The maximum Gasteiger partial charge on any atom is -0.0157 e. The number of hydrogen-bond donors (Lipinski definition) is 0. The largest absolute Gasteiger partial charge is 0.0813 e. The first-order chi connectivity index (χ1) is 8.28. The second kappa shape index (κ2) is 7.32. The summed E-state index contributed by atoms with van der Waals surface area (Å²) in [6.07, 6.45) is 15.0. The van der Waals surface area contributed by atoms with Gasteiger partial charge < -0.3 is 0 Å². The van der Waals surface area contributed by atoms with Crippen LogP contribution >= 0.6 is 0 Å². The molecule has 0 bridgehead atoms. The third-order valence-corrected chi connectivity index (χ3v) is 3.41. The molecule has 0 saturated carbocycles. The highest BCUT2D eigenvalue weighted by Gasteiger charge is 2.11. The molecule has 0 aromatic rings. The molecule has 1 aliphatic rings. The van der Waals surface area contributed by atoms with Crippen molar-refractivity contribution in [2.24, 2.45) is 0 Å². The van der Waals surface area contributed by atoms with Crippen molar-refractivity contribution in [1.82, 2.24) is 0 Å². The Kier molecular flexibility index (Phi) is 6.04. The molecule has 0 aromatic heterocycles. The van der Waals surface area contributed by atoms with E-state index in [1.165, 1.54) is 5.57 Å². The van der Waals surface area contributed by atoms with E-state index >= 15 is 0 Å². The van der Waals surface area contributed by atoms with Gasteiger partial charge in [0.05, 0.1) is 0 Å². The lowest BCUT2D eigenvalue weighted by atomic mass is 9.89. The average Bonchev–Trinajstić information content (AvgIpc) is 2.87. The Morgan fingerprint density at radius 1 is 1.12 bits per heavy atom. The Morgan fingerprint density at radius 3 is 2.29 bits per heavy atom. The van der Waals surface area contributed by atoms with Crippen LogP contribution in [-0.4, -0.2) is 0 Å². The van der Waals surface area contributed by atoms with Crippen molar-refractivity contribution in [2.75, 3.05) is 0 Å². The van der Waals surface area contributed by atoms with E-state index in [-0.39, 0.29) is 0 Å². The summed E-state index contributed by atoms with van der Waals surface area (Å²) < 4.78 is 0. The summed E-state index contributed by atoms with van der Waals surface area (Å²) in [5, 5.41) is 0. The number of allylic oxidation sites excluding steroid dienone is 8. The smallest absolute Gasteiger partial charge is 0.0157 e. The third-order valence-electron chi connectivity index (χ3n) is 3.41. The first-order valence-electron chi connectivity index (χ1n) is 7.06. The molecule has 0 heterocycles. The van der Waals surface area contributed by atoms with Crippen molar-refractivity contribution >= 4 is 0 Å². The first-order valence-corrected chi connectivity index (χ1v) is 7.06. The van der Waals surface area contributed by atoms with Crippen molar-refractivity contribution in [3.05, 3.63) is 46.6 Å². The van der Waals surface area contributed by atoms with Crippen LogP contribution in [0.4, 0.5) is 0 Å². The highest BCUT2D eigenvalue weighted by Crippen LogP contribution is 2.30. The van der Waals surface area contributed by atoms with E-state index in [1.807, 2.05) is 0 Å². The summed E-state index contributed by atoms with van der Waals surface area (Å²) in [6, 6.07) is 0. The van der Waals surface area contributed by atoms with E-state index in [0.717, 1.165) is 32.1 Å². The molecule has 0 radical (unpaired) electrons. The van der Waals surface area contributed by atoms with Crippen molar-refractivity contribution < 1.29 is 0 Å². The second-order valence-corrected chi connectivity index (χ2v) is 4.45. The SMILES string of the molecule is CC/C=C(CC)/C(CC)=C(/CC)C1=CCC=C1. The molecule has 0 saturated heterocycles. The highest BCUT2D eigenvalue weighted by atomic mass is 14.2. The molecule has 1 rings (SSSR count). The van der Waals surface area contributed by atoms with Crippen LogP contribution in [0.2, 0.25) is 0 Å². The fourth-order valence-electron chi connectivity index (χ4n) is 2.64. The van der Waals surface area contributed by atoms with Crippen molar-refractivity contribution in [1.29, 1.82) is 0 Å². The quantitative estimate of drug-likeness (QED) is 0.511. The monoisotopic (exact) mass is 230 g/mol. The van der Waals surface area contributed by atoms with E-state index < -0.39 is 0 Å². The van der Waals surface area contributed by atoms with E-state index in [4.69, 9.17) is 0 Å². The summed E-state index contributed by atoms with van der Waals surface area (Å²) in [7, 11) is 0. The van der Waals surface area contributed by atoms with Gasteiger partial charge in [0, 0.05) is 0 Å². The van der Waals surface area contributed by atoms with Crippen LogP contribution in [0.15, 0.2) is 46.6 Å². The third kappa shape index (κ3) is 3.46. The Hall–Kier alpha value is -1.04. The summed E-state index contributed by atoms with van der Waals surface area (Å²) in [6.45, 7) is 9.05. The van der Waals surface area contributed by atoms with Crippen LogP contribution in [-0.2, 0) is 0 Å². The molecular formula is C17H26. The molecule has 17 heavy (non-hydrogen) atoms. The zero-order valence-corrected chi connectivity index (χ0v) is 11.8. The fraction of sp³-hybridized carbons (Fsp3) is 0.529. The van der Waals surface area contributed by atoms with Gasteiger partial charge in [0.1, 0.15) is 0 Å². The predicted octanol–water partition coefficient (Wildman–Crippen LogP) is 5.74. The van der Waals surface area contributed by atoms with Gasteiger partial charge in [0.2, 0.25) is 0 Å². The van der Waals surface area contributed by atoms with Gasteiger partial charge in [-0.15, -0.1) is 0 Å². The standard InChI is InChI=1S/C17H26/c1-5-11-14(6-2)16(7-3)17(8-4)15-12-9-10-13-15/h9,11-13H,5-8,10H2,1-4H3/b14-11+,17-16-. The number of rotatable bonds is 6. The molecule has 0 heteroatoms. The topological polar surface area (TPSA) is 0 Å². The molecule has 0 aliphatic heterocycles. The van der Waals surface area contributed by atoms with Gasteiger partial charge in [-0.3, -0.25) is 0 Å². The minimum atomic E-state index is 1.11. The van der Waals surface area contributed by atoms with Crippen molar-refractivity contribution in [2.45, 2.75) is 59.8 Å². The summed E-state index contributed by atoms with van der Waals surface area (Å²) in [4.78, 5) is 0. The van der Waals surface area contributed by atoms with Gasteiger partial charge in [0.25, 0.3) is 0 Å². The maximum absolute atomic E-state index is 2.40. The maximum atomic E-state index is 2.40. The Bertz CT molecular complexity index is 361. The van der Waals surface area contributed by atoms with Crippen LogP contribution < -0.4 is 0 Å². The average molecular weight is 230 g/mol. The van der Waals surface area contributed by atoms with Crippen LogP contribution in [0.25, 0.3) is 0 Å². The second-order valence-electron chi connectivity index (χ2n) is 4.45. The summed E-state index contributed by atoms with van der Waals surface area (Å²) in [5.41, 5.74) is 6.14. The van der Waals surface area contributed by atoms with E-state index in [1.54, 1.807) is 16.7 Å². The Labute approximate surface area is 107 Å². The zero-order chi connectivity index (χ0) is 12.7. The lowest BCUT2D eigenvalue weighted by molar-refractivity contribution is 0.956. The fourth-order valence-corrected chi connectivity index (χ4v) is 2.64. The zero-order valence-electron chi connectivity index (χ0n) is 11.8. The highest BCUT2D eigenvalue weighted by molar-refractivity contribution is 5.50. The summed E-state index contributed by atoms with van der Waals surface area (Å²) >= 11 is 0. The molecule has 0 atom stereocenters. The molecule has 0 N–H and O–H groups in total. The number of hydrogen-bond acceptors (Lipinski definition) is 0. The molecule has 0 amide bonds. The normalized spacial score (nSPS) is 17.2. The van der Waals surface area contributed by atoms with Gasteiger partial charge in [-0.1, -0.05) is 52.0 Å². The molecule has 0 nitrogen and oxygen atoms in total. The van der Waals surface area contributed by atoms with Crippen LogP contribution in [0, 0.1) is 0 Å². The summed E-state index contributed by atoms with van der Waals surface area (Å²) in [5.74, 6) is 0. The Morgan fingerprint density at radius 2 is 1.88 bits per heavy atom. The van der Waals surface area contributed by atoms with Gasteiger partial charge in [-0.25, -0.2) is 0 Å². The van der Waals surface area contributed by atoms with Gasteiger partial charge in [0.15, 0.2) is 0 Å². The van der Waals surface area contributed by atoms with Gasteiger partial charge >= 0.3 is 0 Å². The predicted molar refractivity (Wildman–Crippen MR) is 78.1 cm³/mol. The molecule has 0 fully saturated rings. The van der Waals surface area contributed by atoms with Crippen molar-refractivity contribution in [3.63, 3.8) is 0 Å². The molecule has 0 spiro atoms. The van der Waals surface area contributed by atoms with Crippen molar-refractivity contribution in [3.8, 4) is 0 Å². The minimum Gasteiger partial charge on any atom is -0.0813 e. The van der Waals surface area contributed by atoms with Crippen LogP contribution in [0.3, 0.4) is 0 Å². The van der Waals surface area contributed by atoms with Crippen LogP contribution in [0.1, 0.15) is 59.8 Å². The molecule has 0 aromatic carbocycles. The van der Waals surface area contributed by atoms with E-state index in [9.17, 15) is 0 Å². The molecule has 0 unspecified atom stereocenters. The first kappa shape index (κ1) is 14.0. The Balaban J connectivity index is 3.17. The van der Waals surface area contributed by atoms with E-state index in [0.29, 0.717) is 0 Å². The molecule has 94 valence electrons. The van der Waals surface area contributed by atoms with Gasteiger partial charge in [-0.2, -0.15) is 0 Å². The molecule has 1 aliphatic carbocycles. The lowest BCUT2D eigenvalue weighted by Crippen LogP contribution is -1.96. The van der Waals surface area contributed by atoms with Crippen LogP contribution in [0.5, 0.6) is 0 Å². The van der Waals surface area contributed by atoms with Gasteiger partial charge in [-0.05, 0) is 54.4 Å². The molecular weight excluding hydrogens is 204 g/mol. The minimum absolute atomic E-state index is 1.11. The van der Waals surface area contributed by atoms with E-state index in [2.05, 4.69) is 52.0 Å². The lowest BCUT2D eigenvalue weighted by Gasteiger charge is -2.16.